The molecule has 0 spiro atoms. The third-order valence-electron chi connectivity index (χ3n) is 2.48. The van der Waals surface area contributed by atoms with E-state index in [1.165, 1.54) is 6.42 Å². The molecule has 0 saturated carbocycles. The van der Waals surface area contributed by atoms with Crippen LogP contribution >= 0.6 is 0 Å². The molecule has 0 aromatic rings. The Morgan fingerprint density at radius 1 is 1.33 bits per heavy atom. The van der Waals surface area contributed by atoms with Crippen LogP contribution in [0.3, 0.4) is 0 Å². The van der Waals surface area contributed by atoms with Crippen LogP contribution in [-0.4, -0.2) is 35.7 Å². The molecular weight excluding hydrogens is 150 g/mol. The second kappa shape index (κ2) is 6.44. The van der Waals surface area contributed by atoms with Crippen molar-refractivity contribution in [3.05, 3.63) is 0 Å². The van der Waals surface area contributed by atoms with E-state index in [2.05, 4.69) is 25.8 Å². The molecule has 0 rings (SSSR count). The number of rotatable bonds is 6. The molecule has 0 heterocycles. The van der Waals surface area contributed by atoms with Gasteiger partial charge in [-0.25, -0.2) is 0 Å². The second-order valence-electron chi connectivity index (χ2n) is 3.73. The van der Waals surface area contributed by atoms with Crippen LogP contribution in [0.2, 0.25) is 0 Å². The van der Waals surface area contributed by atoms with Crippen LogP contribution in [-0.2, 0) is 0 Å². The zero-order valence-corrected chi connectivity index (χ0v) is 8.88. The van der Waals surface area contributed by atoms with E-state index in [1.54, 1.807) is 0 Å². The third-order valence-corrected chi connectivity index (χ3v) is 2.48. The summed E-state index contributed by atoms with van der Waals surface area (Å²) in [6, 6.07) is 0.666. The van der Waals surface area contributed by atoms with Crippen molar-refractivity contribution < 1.29 is 5.11 Å². The second-order valence-corrected chi connectivity index (χ2v) is 3.73. The summed E-state index contributed by atoms with van der Waals surface area (Å²) >= 11 is 0. The SMILES string of the molecule is CCC(C)N(C)CCCC(C)O. The molecule has 0 saturated heterocycles. The molecule has 0 radical (unpaired) electrons. The van der Waals surface area contributed by atoms with E-state index in [0.717, 1.165) is 19.4 Å². The Bertz CT molecular complexity index is 104. The maximum atomic E-state index is 9.04. The van der Waals surface area contributed by atoms with Gasteiger partial charge in [-0.2, -0.15) is 0 Å². The lowest BCUT2D eigenvalue weighted by Crippen LogP contribution is -2.29. The Hall–Kier alpha value is -0.0800. The fourth-order valence-corrected chi connectivity index (χ4v) is 1.17. The van der Waals surface area contributed by atoms with E-state index < -0.39 is 0 Å². The smallest absolute Gasteiger partial charge is 0.0512 e. The normalized spacial score (nSPS) is 16.5. The van der Waals surface area contributed by atoms with Gasteiger partial charge in [-0.05, 0) is 46.7 Å². The molecule has 1 N–H and O–H groups in total. The lowest BCUT2D eigenvalue weighted by atomic mass is 10.2. The predicted octanol–water partition coefficient (Wildman–Crippen LogP) is 1.88. The lowest BCUT2D eigenvalue weighted by Gasteiger charge is -2.23. The summed E-state index contributed by atoms with van der Waals surface area (Å²) in [7, 11) is 2.15. The van der Waals surface area contributed by atoms with Gasteiger partial charge in [0.2, 0.25) is 0 Å². The van der Waals surface area contributed by atoms with Crippen molar-refractivity contribution in [2.75, 3.05) is 13.6 Å². The summed E-state index contributed by atoms with van der Waals surface area (Å²) in [5, 5.41) is 9.04. The van der Waals surface area contributed by atoms with Crippen LogP contribution in [0.25, 0.3) is 0 Å². The van der Waals surface area contributed by atoms with E-state index in [4.69, 9.17) is 5.11 Å². The van der Waals surface area contributed by atoms with Crippen molar-refractivity contribution in [1.29, 1.82) is 0 Å². The van der Waals surface area contributed by atoms with Gasteiger partial charge in [-0.15, -0.1) is 0 Å². The van der Waals surface area contributed by atoms with E-state index >= 15 is 0 Å². The summed E-state index contributed by atoms with van der Waals surface area (Å²) in [6.45, 7) is 7.39. The summed E-state index contributed by atoms with van der Waals surface area (Å²) in [6.07, 6.45) is 3.07. The number of hydrogen-bond acceptors (Lipinski definition) is 2. The molecular formula is C10H23NO. The Balaban J connectivity index is 3.37. The van der Waals surface area contributed by atoms with Gasteiger partial charge in [0.15, 0.2) is 0 Å². The van der Waals surface area contributed by atoms with Crippen molar-refractivity contribution in [2.24, 2.45) is 0 Å². The molecule has 0 bridgehead atoms. The van der Waals surface area contributed by atoms with Crippen LogP contribution in [0.1, 0.15) is 40.0 Å². The van der Waals surface area contributed by atoms with Crippen LogP contribution in [0.4, 0.5) is 0 Å². The van der Waals surface area contributed by atoms with E-state index in [9.17, 15) is 0 Å². The zero-order chi connectivity index (χ0) is 9.56. The van der Waals surface area contributed by atoms with Crippen LogP contribution in [0, 0.1) is 0 Å². The maximum Gasteiger partial charge on any atom is 0.0512 e. The summed E-state index contributed by atoms with van der Waals surface area (Å²) < 4.78 is 0. The summed E-state index contributed by atoms with van der Waals surface area (Å²) in [5.74, 6) is 0. The lowest BCUT2D eigenvalue weighted by molar-refractivity contribution is 0.168. The van der Waals surface area contributed by atoms with Gasteiger partial charge in [-0.3, -0.25) is 0 Å². The van der Waals surface area contributed by atoms with Crippen LogP contribution < -0.4 is 0 Å². The van der Waals surface area contributed by atoms with Gasteiger partial charge < -0.3 is 10.0 Å². The van der Waals surface area contributed by atoms with Crippen LogP contribution in [0.15, 0.2) is 0 Å². The number of nitrogens with zero attached hydrogens (tertiary/aromatic N) is 1. The van der Waals surface area contributed by atoms with E-state index in [0.29, 0.717) is 6.04 Å². The minimum absolute atomic E-state index is 0.143. The van der Waals surface area contributed by atoms with Gasteiger partial charge in [0, 0.05) is 6.04 Å². The molecule has 0 fully saturated rings. The molecule has 2 nitrogen and oxygen atoms in total. The van der Waals surface area contributed by atoms with E-state index in [-0.39, 0.29) is 6.10 Å². The van der Waals surface area contributed by atoms with Gasteiger partial charge in [0.05, 0.1) is 6.10 Å². The summed E-state index contributed by atoms with van der Waals surface area (Å²) in [5.41, 5.74) is 0. The first-order valence-electron chi connectivity index (χ1n) is 4.96. The van der Waals surface area contributed by atoms with Crippen molar-refractivity contribution in [1.82, 2.24) is 4.90 Å². The molecule has 12 heavy (non-hydrogen) atoms. The number of aliphatic hydroxyl groups is 1. The predicted molar refractivity (Wildman–Crippen MR) is 53.3 cm³/mol. The van der Waals surface area contributed by atoms with Gasteiger partial charge in [0.1, 0.15) is 0 Å². The maximum absolute atomic E-state index is 9.04. The van der Waals surface area contributed by atoms with E-state index in [1.807, 2.05) is 6.92 Å². The molecule has 2 heteroatoms. The molecule has 2 atom stereocenters. The quantitative estimate of drug-likeness (QED) is 0.663. The molecule has 74 valence electrons. The Labute approximate surface area is 76.6 Å². The highest BCUT2D eigenvalue weighted by molar-refractivity contribution is 4.61. The molecule has 0 aromatic heterocycles. The van der Waals surface area contributed by atoms with Gasteiger partial charge in [-0.1, -0.05) is 6.92 Å². The van der Waals surface area contributed by atoms with Gasteiger partial charge >= 0.3 is 0 Å². The minimum Gasteiger partial charge on any atom is -0.393 e. The van der Waals surface area contributed by atoms with Crippen molar-refractivity contribution in [3.63, 3.8) is 0 Å². The number of hydrogen-bond donors (Lipinski definition) is 1. The standard InChI is InChI=1S/C10H23NO/c1-5-9(2)11(4)8-6-7-10(3)12/h9-10,12H,5-8H2,1-4H3. The average Bonchev–Trinajstić information content (AvgIpc) is 2.02. The largest absolute Gasteiger partial charge is 0.393 e. The minimum atomic E-state index is -0.143. The molecule has 2 unspecified atom stereocenters. The molecule has 0 aliphatic carbocycles. The van der Waals surface area contributed by atoms with Crippen molar-refractivity contribution in [2.45, 2.75) is 52.2 Å². The topological polar surface area (TPSA) is 23.5 Å². The Morgan fingerprint density at radius 2 is 1.92 bits per heavy atom. The highest BCUT2D eigenvalue weighted by Crippen LogP contribution is 2.03. The molecule has 0 aliphatic heterocycles. The number of aliphatic hydroxyl groups excluding tert-OH is 1. The highest BCUT2D eigenvalue weighted by Gasteiger charge is 2.05. The molecule has 0 amide bonds. The van der Waals surface area contributed by atoms with Crippen LogP contribution in [0.5, 0.6) is 0 Å². The zero-order valence-electron chi connectivity index (χ0n) is 8.88. The van der Waals surface area contributed by atoms with Crippen molar-refractivity contribution >= 4 is 0 Å². The summed E-state index contributed by atoms with van der Waals surface area (Å²) in [4.78, 5) is 2.35. The van der Waals surface area contributed by atoms with Gasteiger partial charge in [0.25, 0.3) is 0 Å². The Morgan fingerprint density at radius 3 is 2.33 bits per heavy atom. The first-order chi connectivity index (χ1) is 5.57. The fourth-order valence-electron chi connectivity index (χ4n) is 1.17. The fraction of sp³-hybridized carbons (Fsp3) is 1.00. The average molecular weight is 173 g/mol. The molecule has 0 aromatic carbocycles. The van der Waals surface area contributed by atoms with Crippen molar-refractivity contribution in [3.8, 4) is 0 Å². The molecule has 0 aliphatic rings. The monoisotopic (exact) mass is 173 g/mol. The highest BCUT2D eigenvalue weighted by atomic mass is 16.3. The third kappa shape index (κ3) is 5.56. The Kier molecular flexibility index (Phi) is 6.39. The first-order valence-corrected chi connectivity index (χ1v) is 4.96. The first kappa shape index (κ1) is 11.9.